The third-order valence-electron chi connectivity index (χ3n) is 6.15. The first kappa shape index (κ1) is 21.2. The Morgan fingerprint density at radius 2 is 1.94 bits per heavy atom. The Morgan fingerprint density at radius 1 is 1.06 bits per heavy atom. The molecule has 1 aliphatic heterocycles. The van der Waals surface area contributed by atoms with Crippen LogP contribution in [0.4, 0.5) is 0 Å². The maximum Gasteiger partial charge on any atom is 0.227 e. The van der Waals surface area contributed by atoms with Gasteiger partial charge in [-0.15, -0.1) is 5.10 Å². The van der Waals surface area contributed by atoms with Gasteiger partial charge in [-0.1, -0.05) is 24.3 Å². The second kappa shape index (κ2) is 9.86. The molecule has 2 aromatic heterocycles. The molecule has 1 amide bonds. The van der Waals surface area contributed by atoms with Crippen molar-refractivity contribution in [3.8, 4) is 0 Å². The number of hydrogen-bond acceptors (Lipinski definition) is 8. The number of piperazine rings is 1. The average Bonchev–Trinajstić information content (AvgIpc) is 3.52. The Bertz CT molecular complexity index is 1190. The number of aromatic nitrogens is 6. The summed E-state index contributed by atoms with van der Waals surface area (Å²) in [5.74, 6) is 0.174. The summed E-state index contributed by atoms with van der Waals surface area (Å²) in [6.07, 6.45) is 12.9. The number of amides is 1. The van der Waals surface area contributed by atoms with E-state index in [1.165, 1.54) is 5.56 Å². The molecule has 0 saturated carbocycles. The molecule has 170 valence electrons. The van der Waals surface area contributed by atoms with Crippen LogP contribution in [0.1, 0.15) is 24.8 Å². The monoisotopic (exact) mass is 446 g/mol. The molecular weight excluding hydrogens is 420 g/mol. The number of nitrogens with zero attached hydrogens (tertiary/aromatic N) is 8. The lowest BCUT2D eigenvalue weighted by Gasteiger charge is -2.35. The van der Waals surface area contributed by atoms with E-state index in [0.29, 0.717) is 6.42 Å². The number of carbonyl (C=O) groups is 1. The SMILES string of the molecule is O=C(CC1=CC=C(n2cnnn2)CCC=C1)N1CCN(CCc2ccc3nonc3c2)CC1. The van der Waals surface area contributed by atoms with Gasteiger partial charge in [-0.25, -0.2) is 9.31 Å². The van der Waals surface area contributed by atoms with Crippen molar-refractivity contribution in [1.29, 1.82) is 0 Å². The molecule has 33 heavy (non-hydrogen) atoms. The highest BCUT2D eigenvalue weighted by Crippen LogP contribution is 2.18. The Morgan fingerprint density at radius 3 is 2.79 bits per heavy atom. The van der Waals surface area contributed by atoms with E-state index in [0.717, 1.165) is 74.3 Å². The smallest absolute Gasteiger partial charge is 0.227 e. The van der Waals surface area contributed by atoms with E-state index in [-0.39, 0.29) is 5.91 Å². The summed E-state index contributed by atoms with van der Waals surface area (Å²) in [6.45, 7) is 4.24. The Balaban J connectivity index is 1.12. The van der Waals surface area contributed by atoms with Gasteiger partial charge in [-0.3, -0.25) is 9.69 Å². The summed E-state index contributed by atoms with van der Waals surface area (Å²) in [7, 11) is 0. The van der Waals surface area contributed by atoms with Crippen molar-refractivity contribution in [2.45, 2.75) is 25.7 Å². The van der Waals surface area contributed by atoms with Gasteiger partial charge in [-0.05, 0) is 69.3 Å². The van der Waals surface area contributed by atoms with Crippen LogP contribution in [0.25, 0.3) is 16.7 Å². The zero-order chi connectivity index (χ0) is 22.5. The summed E-state index contributed by atoms with van der Waals surface area (Å²) in [4.78, 5) is 17.3. The van der Waals surface area contributed by atoms with Gasteiger partial charge in [-0.2, -0.15) is 0 Å². The zero-order valence-corrected chi connectivity index (χ0v) is 18.4. The highest BCUT2D eigenvalue weighted by Gasteiger charge is 2.21. The lowest BCUT2D eigenvalue weighted by molar-refractivity contribution is -0.132. The zero-order valence-electron chi connectivity index (χ0n) is 18.4. The Labute approximate surface area is 191 Å². The summed E-state index contributed by atoms with van der Waals surface area (Å²) in [5, 5.41) is 19.1. The van der Waals surface area contributed by atoms with Crippen LogP contribution >= 0.6 is 0 Å². The van der Waals surface area contributed by atoms with Crippen LogP contribution in [0.15, 0.2) is 59.0 Å². The van der Waals surface area contributed by atoms with Gasteiger partial charge in [0, 0.05) is 38.4 Å². The molecule has 2 aliphatic rings. The lowest BCUT2D eigenvalue weighted by Crippen LogP contribution is -2.49. The minimum Gasteiger partial charge on any atom is -0.340 e. The maximum absolute atomic E-state index is 12.9. The topological polar surface area (TPSA) is 106 Å². The molecule has 5 rings (SSSR count). The fourth-order valence-corrected chi connectivity index (χ4v) is 4.19. The van der Waals surface area contributed by atoms with E-state index >= 15 is 0 Å². The van der Waals surface area contributed by atoms with Crippen LogP contribution in [0, 0.1) is 0 Å². The van der Waals surface area contributed by atoms with E-state index in [1.807, 2.05) is 29.2 Å². The molecule has 0 spiro atoms. The Hall–Kier alpha value is -3.66. The second-order valence-corrected chi connectivity index (χ2v) is 8.33. The minimum atomic E-state index is 0.174. The second-order valence-electron chi connectivity index (χ2n) is 8.33. The molecule has 1 aliphatic carbocycles. The molecule has 10 nitrogen and oxygen atoms in total. The van der Waals surface area contributed by atoms with Crippen LogP contribution in [0.5, 0.6) is 0 Å². The number of rotatable bonds is 6. The largest absolute Gasteiger partial charge is 0.340 e. The number of allylic oxidation sites excluding steroid dienone is 5. The normalized spacial score (nSPS) is 17.5. The van der Waals surface area contributed by atoms with E-state index in [4.69, 9.17) is 4.63 Å². The molecule has 1 fully saturated rings. The minimum absolute atomic E-state index is 0.174. The summed E-state index contributed by atoms with van der Waals surface area (Å²) in [6, 6.07) is 6.04. The van der Waals surface area contributed by atoms with Gasteiger partial charge >= 0.3 is 0 Å². The third kappa shape index (κ3) is 5.23. The average molecular weight is 447 g/mol. The summed E-state index contributed by atoms with van der Waals surface area (Å²) >= 11 is 0. The number of benzene rings is 1. The van der Waals surface area contributed by atoms with Crippen LogP contribution < -0.4 is 0 Å². The van der Waals surface area contributed by atoms with Crippen molar-refractivity contribution in [2.24, 2.45) is 0 Å². The predicted octanol–water partition coefficient (Wildman–Crippen LogP) is 2.10. The van der Waals surface area contributed by atoms with E-state index in [9.17, 15) is 4.79 Å². The van der Waals surface area contributed by atoms with Crippen LogP contribution in [0.3, 0.4) is 0 Å². The molecule has 3 heterocycles. The van der Waals surface area contributed by atoms with Crippen LogP contribution in [-0.4, -0.2) is 79.0 Å². The van der Waals surface area contributed by atoms with Crippen molar-refractivity contribution in [1.82, 2.24) is 40.3 Å². The molecular formula is C23H26N8O2. The third-order valence-corrected chi connectivity index (χ3v) is 6.15. The van der Waals surface area contributed by atoms with E-state index < -0.39 is 0 Å². The molecule has 0 atom stereocenters. The number of hydrogen-bond donors (Lipinski definition) is 0. The first-order valence-corrected chi connectivity index (χ1v) is 11.3. The first-order chi connectivity index (χ1) is 16.2. The molecule has 3 aromatic rings. The summed E-state index contributed by atoms with van der Waals surface area (Å²) in [5.41, 5.74) is 4.81. The lowest BCUT2D eigenvalue weighted by atomic mass is 10.1. The predicted molar refractivity (Wildman–Crippen MR) is 122 cm³/mol. The van der Waals surface area contributed by atoms with E-state index in [2.05, 4.69) is 49.0 Å². The van der Waals surface area contributed by atoms with Crippen molar-refractivity contribution >= 4 is 22.6 Å². The fraction of sp³-hybridized carbons (Fsp3) is 0.391. The van der Waals surface area contributed by atoms with Gasteiger partial charge in [0.15, 0.2) is 0 Å². The maximum atomic E-state index is 12.9. The van der Waals surface area contributed by atoms with Crippen molar-refractivity contribution in [2.75, 3.05) is 32.7 Å². The molecule has 0 bridgehead atoms. The molecule has 0 radical (unpaired) electrons. The molecule has 1 aromatic carbocycles. The Kier molecular flexibility index (Phi) is 6.34. The molecule has 0 unspecified atom stereocenters. The van der Waals surface area contributed by atoms with Gasteiger partial charge in [0.05, 0.1) is 6.42 Å². The van der Waals surface area contributed by atoms with E-state index in [1.54, 1.807) is 11.0 Å². The van der Waals surface area contributed by atoms with Gasteiger partial charge in [0.25, 0.3) is 0 Å². The quantitative estimate of drug-likeness (QED) is 0.567. The van der Waals surface area contributed by atoms with Gasteiger partial charge in [0.2, 0.25) is 5.91 Å². The number of fused-ring (bicyclic) bond motifs is 1. The number of carbonyl (C=O) groups excluding carboxylic acids is 1. The molecule has 0 N–H and O–H groups in total. The highest BCUT2D eigenvalue weighted by atomic mass is 16.6. The van der Waals surface area contributed by atoms with Crippen LogP contribution in [-0.2, 0) is 11.2 Å². The van der Waals surface area contributed by atoms with Crippen molar-refractivity contribution in [3.63, 3.8) is 0 Å². The molecule has 1 saturated heterocycles. The first-order valence-electron chi connectivity index (χ1n) is 11.3. The summed E-state index contributed by atoms with van der Waals surface area (Å²) < 4.78 is 6.45. The van der Waals surface area contributed by atoms with Gasteiger partial charge in [0.1, 0.15) is 17.4 Å². The standard InChI is InChI=1S/C23H26N8O2/c32-23(16-18-3-1-2-4-20(7-5-18)31-17-24-27-28-31)30-13-11-29(12-14-30)10-9-19-6-8-21-22(15-19)26-33-25-21/h1,3,5-8,15,17H,2,4,9-14,16H2. The van der Waals surface area contributed by atoms with Crippen molar-refractivity contribution < 1.29 is 9.42 Å². The highest BCUT2D eigenvalue weighted by molar-refractivity contribution is 5.79. The molecule has 10 heteroatoms. The fourth-order valence-electron chi connectivity index (χ4n) is 4.19. The van der Waals surface area contributed by atoms with Crippen LogP contribution in [0.2, 0.25) is 0 Å². The number of tetrazole rings is 1. The van der Waals surface area contributed by atoms with Crippen molar-refractivity contribution in [3.05, 3.63) is 60.0 Å². The van der Waals surface area contributed by atoms with Gasteiger partial charge < -0.3 is 4.90 Å².